The SMILES string of the molecule is CN(Cc1ccc2c(c1)NC(=O)CS2)C(=O)CO. The summed E-state index contributed by atoms with van der Waals surface area (Å²) in [6.45, 7) is -0.0821. The van der Waals surface area contributed by atoms with Gasteiger partial charge in [-0.15, -0.1) is 11.8 Å². The Bertz CT molecular complexity index is 490. The molecule has 0 spiro atoms. The van der Waals surface area contributed by atoms with Gasteiger partial charge in [0.15, 0.2) is 0 Å². The number of nitrogens with zero attached hydrogens (tertiary/aromatic N) is 1. The van der Waals surface area contributed by atoms with Gasteiger partial charge in [-0.1, -0.05) is 6.07 Å². The molecule has 6 heteroatoms. The van der Waals surface area contributed by atoms with Gasteiger partial charge >= 0.3 is 0 Å². The largest absolute Gasteiger partial charge is 0.387 e. The van der Waals surface area contributed by atoms with Crippen LogP contribution in [0.15, 0.2) is 23.1 Å². The number of hydrogen-bond donors (Lipinski definition) is 2. The summed E-state index contributed by atoms with van der Waals surface area (Å²) in [6.07, 6.45) is 0. The number of hydrogen-bond acceptors (Lipinski definition) is 4. The average Bonchev–Trinajstić information content (AvgIpc) is 2.37. The molecule has 0 radical (unpaired) electrons. The number of carbonyl (C=O) groups excluding carboxylic acids is 2. The van der Waals surface area contributed by atoms with Gasteiger partial charge < -0.3 is 15.3 Å². The van der Waals surface area contributed by atoms with Gasteiger partial charge in [0.05, 0.1) is 11.4 Å². The summed E-state index contributed by atoms with van der Waals surface area (Å²) in [7, 11) is 1.63. The van der Waals surface area contributed by atoms with Crippen molar-refractivity contribution in [2.75, 3.05) is 24.7 Å². The van der Waals surface area contributed by atoms with E-state index in [4.69, 9.17) is 5.11 Å². The highest BCUT2D eigenvalue weighted by Crippen LogP contribution is 2.32. The quantitative estimate of drug-likeness (QED) is 0.844. The highest BCUT2D eigenvalue weighted by molar-refractivity contribution is 8.00. The van der Waals surface area contributed by atoms with Crippen LogP contribution in [0.3, 0.4) is 0 Å². The van der Waals surface area contributed by atoms with E-state index in [-0.39, 0.29) is 11.8 Å². The molecule has 1 aromatic carbocycles. The summed E-state index contributed by atoms with van der Waals surface area (Å²) >= 11 is 1.50. The maximum absolute atomic E-state index is 11.3. The van der Waals surface area contributed by atoms with E-state index in [9.17, 15) is 9.59 Å². The number of aliphatic hydroxyl groups is 1. The third-order valence-electron chi connectivity index (χ3n) is 2.66. The van der Waals surface area contributed by atoms with Crippen molar-refractivity contribution in [3.05, 3.63) is 23.8 Å². The number of aliphatic hydroxyl groups excluding tert-OH is 1. The number of likely N-dealkylation sites (N-methyl/N-ethyl adjacent to an activating group) is 1. The fourth-order valence-corrected chi connectivity index (χ4v) is 2.50. The number of fused-ring (bicyclic) bond motifs is 1. The van der Waals surface area contributed by atoms with E-state index in [1.165, 1.54) is 16.7 Å². The van der Waals surface area contributed by atoms with Gasteiger partial charge in [0, 0.05) is 18.5 Å². The predicted octanol–water partition coefficient (Wildman–Crippen LogP) is 0.681. The molecular formula is C12H14N2O3S. The first kappa shape index (κ1) is 12.9. The predicted molar refractivity (Wildman–Crippen MR) is 69.4 cm³/mol. The Hall–Kier alpha value is -1.53. The monoisotopic (exact) mass is 266 g/mol. The molecule has 0 atom stereocenters. The molecule has 2 rings (SSSR count). The molecule has 5 nitrogen and oxygen atoms in total. The van der Waals surface area contributed by atoms with Gasteiger partial charge in [0.2, 0.25) is 11.8 Å². The number of thioether (sulfide) groups is 1. The number of amides is 2. The zero-order chi connectivity index (χ0) is 13.1. The van der Waals surface area contributed by atoms with E-state index in [1.54, 1.807) is 7.05 Å². The number of carbonyl (C=O) groups is 2. The van der Waals surface area contributed by atoms with Gasteiger partial charge in [0.1, 0.15) is 6.61 Å². The Kier molecular flexibility index (Phi) is 3.88. The zero-order valence-electron chi connectivity index (χ0n) is 9.97. The van der Waals surface area contributed by atoms with Crippen molar-refractivity contribution in [2.24, 2.45) is 0 Å². The molecule has 2 amide bonds. The van der Waals surface area contributed by atoms with E-state index in [1.807, 2.05) is 18.2 Å². The van der Waals surface area contributed by atoms with E-state index in [0.717, 1.165) is 16.1 Å². The standard InChI is InChI=1S/C12H14N2O3S/c1-14(12(17)6-15)5-8-2-3-10-9(4-8)13-11(16)7-18-10/h2-4,15H,5-7H2,1H3,(H,13,16). The molecule has 1 aromatic rings. The highest BCUT2D eigenvalue weighted by Gasteiger charge is 2.16. The summed E-state index contributed by atoms with van der Waals surface area (Å²) in [6, 6.07) is 5.72. The second-order valence-electron chi connectivity index (χ2n) is 4.08. The highest BCUT2D eigenvalue weighted by atomic mass is 32.2. The van der Waals surface area contributed by atoms with Gasteiger partial charge in [-0.05, 0) is 17.7 Å². The Balaban J connectivity index is 2.13. The lowest BCUT2D eigenvalue weighted by atomic mass is 10.2. The normalized spacial score (nSPS) is 13.8. The molecule has 2 N–H and O–H groups in total. The van der Waals surface area contributed by atoms with Crippen molar-refractivity contribution in [3.63, 3.8) is 0 Å². The van der Waals surface area contributed by atoms with Crippen LogP contribution in [-0.4, -0.2) is 41.2 Å². The third kappa shape index (κ3) is 2.83. The van der Waals surface area contributed by atoms with Crippen molar-refractivity contribution < 1.29 is 14.7 Å². The summed E-state index contributed by atoms with van der Waals surface area (Å²) in [5.41, 5.74) is 1.71. The Labute approximate surface area is 109 Å². The molecule has 0 saturated carbocycles. The number of nitrogens with one attached hydrogen (secondary N) is 1. The van der Waals surface area contributed by atoms with E-state index >= 15 is 0 Å². The number of rotatable bonds is 3. The average molecular weight is 266 g/mol. The first-order valence-electron chi connectivity index (χ1n) is 5.50. The third-order valence-corrected chi connectivity index (χ3v) is 3.73. The minimum atomic E-state index is -0.492. The first-order valence-corrected chi connectivity index (χ1v) is 6.49. The van der Waals surface area contributed by atoms with E-state index in [2.05, 4.69) is 5.32 Å². The molecule has 1 aliphatic rings. The molecule has 1 heterocycles. The molecule has 96 valence electrons. The Morgan fingerprint density at radius 3 is 3.06 bits per heavy atom. The smallest absolute Gasteiger partial charge is 0.248 e. The van der Waals surface area contributed by atoms with Crippen LogP contribution < -0.4 is 5.32 Å². The van der Waals surface area contributed by atoms with Crippen molar-refractivity contribution in [3.8, 4) is 0 Å². The van der Waals surface area contributed by atoms with Crippen LogP contribution in [0.2, 0.25) is 0 Å². The molecule has 18 heavy (non-hydrogen) atoms. The van der Waals surface area contributed by atoms with Crippen molar-refractivity contribution in [1.82, 2.24) is 4.90 Å². The molecule has 0 fully saturated rings. The maximum Gasteiger partial charge on any atom is 0.248 e. The Morgan fingerprint density at radius 2 is 2.33 bits per heavy atom. The van der Waals surface area contributed by atoms with Gasteiger partial charge in [0.25, 0.3) is 0 Å². The van der Waals surface area contributed by atoms with Crippen LogP contribution in [0, 0.1) is 0 Å². The van der Waals surface area contributed by atoms with Gasteiger partial charge in [-0.25, -0.2) is 0 Å². The van der Waals surface area contributed by atoms with Crippen LogP contribution >= 0.6 is 11.8 Å². The van der Waals surface area contributed by atoms with Crippen LogP contribution in [0.25, 0.3) is 0 Å². The molecule has 0 bridgehead atoms. The number of benzene rings is 1. The van der Waals surface area contributed by atoms with Crippen LogP contribution in [0.1, 0.15) is 5.56 Å². The topological polar surface area (TPSA) is 69.6 Å². The van der Waals surface area contributed by atoms with Crippen LogP contribution in [0.4, 0.5) is 5.69 Å². The van der Waals surface area contributed by atoms with E-state index < -0.39 is 6.61 Å². The summed E-state index contributed by atoms with van der Waals surface area (Å²) in [5.74, 6) is 0.102. The van der Waals surface area contributed by atoms with Gasteiger partial charge in [-0.3, -0.25) is 9.59 Å². The minimum absolute atomic E-state index is 0.00978. The Morgan fingerprint density at radius 1 is 1.56 bits per heavy atom. The molecule has 1 aliphatic heterocycles. The van der Waals surface area contributed by atoms with Crippen LogP contribution in [-0.2, 0) is 16.1 Å². The van der Waals surface area contributed by atoms with E-state index in [0.29, 0.717) is 12.3 Å². The summed E-state index contributed by atoms with van der Waals surface area (Å²) < 4.78 is 0. The minimum Gasteiger partial charge on any atom is -0.387 e. The first-order chi connectivity index (χ1) is 8.60. The molecule has 0 saturated heterocycles. The number of anilines is 1. The molecule has 0 unspecified atom stereocenters. The van der Waals surface area contributed by atoms with Crippen LogP contribution in [0.5, 0.6) is 0 Å². The fraction of sp³-hybridized carbons (Fsp3) is 0.333. The van der Waals surface area contributed by atoms with Crippen molar-refractivity contribution >= 4 is 29.3 Å². The lowest BCUT2D eigenvalue weighted by Crippen LogP contribution is -2.28. The van der Waals surface area contributed by atoms with Crippen molar-refractivity contribution in [2.45, 2.75) is 11.4 Å². The molecule has 0 aromatic heterocycles. The maximum atomic E-state index is 11.3. The molecule has 0 aliphatic carbocycles. The van der Waals surface area contributed by atoms with Crippen molar-refractivity contribution in [1.29, 1.82) is 0 Å². The second-order valence-corrected chi connectivity index (χ2v) is 5.09. The van der Waals surface area contributed by atoms with Gasteiger partial charge in [-0.2, -0.15) is 0 Å². The lowest BCUT2D eigenvalue weighted by molar-refractivity contribution is -0.133. The second kappa shape index (κ2) is 5.41. The molecular weight excluding hydrogens is 252 g/mol. The summed E-state index contributed by atoms with van der Waals surface area (Å²) in [5, 5.41) is 11.6. The fourth-order valence-electron chi connectivity index (χ4n) is 1.71. The summed E-state index contributed by atoms with van der Waals surface area (Å²) in [4.78, 5) is 25.0. The zero-order valence-corrected chi connectivity index (χ0v) is 10.8. The lowest BCUT2D eigenvalue weighted by Gasteiger charge is -2.20.